The smallest absolute Gasteiger partial charge is 0.251 e. The summed E-state index contributed by atoms with van der Waals surface area (Å²) in [4.78, 5) is 19.2. The van der Waals surface area contributed by atoms with Crippen molar-refractivity contribution in [3.63, 3.8) is 0 Å². The third kappa shape index (κ3) is 6.72. The Labute approximate surface area is 200 Å². The van der Waals surface area contributed by atoms with Gasteiger partial charge in [0.1, 0.15) is 5.75 Å². The van der Waals surface area contributed by atoms with Crippen molar-refractivity contribution in [2.45, 2.75) is 26.2 Å². The van der Waals surface area contributed by atoms with Crippen molar-refractivity contribution >= 4 is 23.2 Å². The fourth-order valence-corrected chi connectivity index (χ4v) is 4.57. The lowest BCUT2D eigenvalue weighted by molar-refractivity contribution is 0.0944. The number of hydrogen-bond donors (Lipinski definition) is 1. The standard InChI is InChI=1S/C27H30ClN3O2/c1-20-15-22(17-24(28)16-20)9-14-33-26-4-2-3-23(18-26)27(32)30-19-21-7-12-31(13-8-21)25-5-10-29-11-6-25/h2-6,10-11,15-18,21H,7-9,12-14,19H2,1H3,(H,30,32). The van der Waals surface area contributed by atoms with Crippen LogP contribution < -0.4 is 15.0 Å². The molecule has 2 heterocycles. The summed E-state index contributed by atoms with van der Waals surface area (Å²) in [6, 6.07) is 17.5. The first-order chi connectivity index (χ1) is 16.1. The van der Waals surface area contributed by atoms with Crippen molar-refractivity contribution < 1.29 is 9.53 Å². The van der Waals surface area contributed by atoms with Gasteiger partial charge in [0.25, 0.3) is 5.91 Å². The van der Waals surface area contributed by atoms with E-state index in [1.807, 2.05) is 67.8 Å². The minimum absolute atomic E-state index is 0.0533. The third-order valence-corrected chi connectivity index (χ3v) is 6.27. The van der Waals surface area contributed by atoms with Gasteiger partial charge in [-0.15, -0.1) is 0 Å². The monoisotopic (exact) mass is 463 g/mol. The lowest BCUT2D eigenvalue weighted by Gasteiger charge is -2.33. The molecule has 1 fully saturated rings. The average Bonchev–Trinajstić information content (AvgIpc) is 2.83. The van der Waals surface area contributed by atoms with Crippen LogP contribution in [-0.2, 0) is 6.42 Å². The van der Waals surface area contributed by atoms with Crippen LogP contribution in [0.5, 0.6) is 5.75 Å². The molecule has 172 valence electrons. The van der Waals surface area contributed by atoms with Gasteiger partial charge < -0.3 is 15.0 Å². The van der Waals surface area contributed by atoms with Crippen LogP contribution in [0.4, 0.5) is 5.69 Å². The first-order valence-corrected chi connectivity index (χ1v) is 11.9. The van der Waals surface area contributed by atoms with Crippen molar-refractivity contribution in [2.75, 3.05) is 31.1 Å². The molecule has 33 heavy (non-hydrogen) atoms. The molecule has 1 aromatic heterocycles. The average molecular weight is 464 g/mol. The van der Waals surface area contributed by atoms with Gasteiger partial charge in [-0.25, -0.2) is 0 Å². The third-order valence-electron chi connectivity index (χ3n) is 6.05. The number of anilines is 1. The number of halogens is 1. The molecule has 0 radical (unpaired) electrons. The summed E-state index contributed by atoms with van der Waals surface area (Å²) in [6.45, 7) is 5.26. The predicted molar refractivity (Wildman–Crippen MR) is 133 cm³/mol. The van der Waals surface area contributed by atoms with Crippen LogP contribution in [0.1, 0.15) is 34.3 Å². The van der Waals surface area contributed by atoms with Crippen molar-refractivity contribution in [3.8, 4) is 5.75 Å². The minimum Gasteiger partial charge on any atom is -0.493 e. The second-order valence-electron chi connectivity index (χ2n) is 8.61. The van der Waals surface area contributed by atoms with Crippen LogP contribution in [-0.4, -0.2) is 37.1 Å². The molecular weight excluding hydrogens is 434 g/mol. The van der Waals surface area contributed by atoms with E-state index in [-0.39, 0.29) is 5.91 Å². The number of pyridine rings is 1. The Morgan fingerprint density at radius 3 is 2.67 bits per heavy atom. The number of hydrogen-bond acceptors (Lipinski definition) is 4. The molecule has 0 atom stereocenters. The van der Waals surface area contributed by atoms with Gasteiger partial charge in [-0.3, -0.25) is 9.78 Å². The molecule has 1 saturated heterocycles. The number of amides is 1. The number of benzene rings is 2. The highest BCUT2D eigenvalue weighted by Gasteiger charge is 2.20. The molecule has 0 aliphatic carbocycles. The molecule has 0 bridgehead atoms. The maximum atomic E-state index is 12.7. The second kappa shape index (κ2) is 11.2. The van der Waals surface area contributed by atoms with Crippen molar-refractivity contribution in [2.24, 2.45) is 5.92 Å². The zero-order valence-corrected chi connectivity index (χ0v) is 19.7. The molecule has 0 saturated carbocycles. The summed E-state index contributed by atoms with van der Waals surface area (Å²) in [5.41, 5.74) is 4.12. The van der Waals surface area contributed by atoms with Gasteiger partial charge in [-0.1, -0.05) is 23.7 Å². The Bertz CT molecular complexity index is 1050. The van der Waals surface area contributed by atoms with Crippen LogP contribution in [0.15, 0.2) is 67.0 Å². The largest absolute Gasteiger partial charge is 0.493 e. The fraction of sp³-hybridized carbons (Fsp3) is 0.333. The van der Waals surface area contributed by atoms with E-state index in [2.05, 4.69) is 21.3 Å². The Balaban J connectivity index is 1.22. The maximum Gasteiger partial charge on any atom is 0.251 e. The molecule has 4 rings (SSSR count). The number of carbonyl (C=O) groups is 1. The van der Waals surface area contributed by atoms with Gasteiger partial charge in [-0.05, 0) is 79.3 Å². The van der Waals surface area contributed by atoms with Crippen molar-refractivity contribution in [1.29, 1.82) is 0 Å². The molecule has 1 aliphatic rings. The summed E-state index contributed by atoms with van der Waals surface area (Å²) in [5, 5.41) is 3.85. The van der Waals surface area contributed by atoms with Gasteiger partial charge in [0.2, 0.25) is 0 Å². The van der Waals surface area contributed by atoms with Crippen LogP contribution in [0.2, 0.25) is 5.02 Å². The highest BCUT2D eigenvalue weighted by atomic mass is 35.5. The van der Waals surface area contributed by atoms with Crippen LogP contribution in [0.3, 0.4) is 0 Å². The Morgan fingerprint density at radius 1 is 1.12 bits per heavy atom. The number of nitrogens with zero attached hydrogens (tertiary/aromatic N) is 2. The first-order valence-electron chi connectivity index (χ1n) is 11.5. The number of nitrogens with one attached hydrogen (secondary N) is 1. The number of piperidine rings is 1. The molecule has 1 aliphatic heterocycles. The number of ether oxygens (including phenoxy) is 1. The van der Waals surface area contributed by atoms with E-state index in [1.54, 1.807) is 0 Å². The maximum absolute atomic E-state index is 12.7. The predicted octanol–water partition coefficient (Wildman–Crippen LogP) is 5.31. The fourth-order valence-electron chi connectivity index (χ4n) is 4.26. The molecular formula is C27H30ClN3O2. The Kier molecular flexibility index (Phi) is 7.84. The van der Waals surface area contributed by atoms with E-state index < -0.39 is 0 Å². The van der Waals surface area contributed by atoms with Gasteiger partial charge in [0.15, 0.2) is 0 Å². The van der Waals surface area contributed by atoms with Crippen molar-refractivity contribution in [1.82, 2.24) is 10.3 Å². The molecule has 6 heteroatoms. The Morgan fingerprint density at radius 2 is 1.91 bits per heavy atom. The SMILES string of the molecule is Cc1cc(Cl)cc(CCOc2cccc(C(=O)NCC3CCN(c4ccncc4)CC3)c2)c1. The van der Waals surface area contributed by atoms with E-state index in [4.69, 9.17) is 16.3 Å². The quantitative estimate of drug-likeness (QED) is 0.491. The van der Waals surface area contributed by atoms with Gasteiger partial charge >= 0.3 is 0 Å². The zero-order chi connectivity index (χ0) is 23.0. The van der Waals surface area contributed by atoms with Crippen LogP contribution in [0.25, 0.3) is 0 Å². The lowest BCUT2D eigenvalue weighted by atomic mass is 9.96. The molecule has 3 aromatic rings. The Hall–Kier alpha value is -3.05. The minimum atomic E-state index is -0.0533. The van der Waals surface area contributed by atoms with E-state index in [9.17, 15) is 4.79 Å². The highest BCUT2D eigenvalue weighted by Crippen LogP contribution is 2.22. The second-order valence-corrected chi connectivity index (χ2v) is 9.05. The van der Waals surface area contributed by atoms with E-state index in [0.29, 0.717) is 30.4 Å². The van der Waals surface area contributed by atoms with E-state index in [1.165, 1.54) is 5.69 Å². The van der Waals surface area contributed by atoms with Crippen LogP contribution >= 0.6 is 11.6 Å². The summed E-state index contributed by atoms with van der Waals surface area (Å²) in [6.07, 6.45) is 6.55. The number of aryl methyl sites for hydroxylation is 1. The highest BCUT2D eigenvalue weighted by molar-refractivity contribution is 6.30. The first kappa shape index (κ1) is 23.1. The van der Waals surface area contributed by atoms with Gasteiger partial charge in [0.05, 0.1) is 6.61 Å². The molecule has 0 spiro atoms. The van der Waals surface area contributed by atoms with E-state index >= 15 is 0 Å². The molecule has 5 nitrogen and oxygen atoms in total. The topological polar surface area (TPSA) is 54.5 Å². The van der Waals surface area contributed by atoms with Gasteiger partial charge in [-0.2, -0.15) is 0 Å². The summed E-state index contributed by atoms with van der Waals surface area (Å²) in [5.74, 6) is 1.14. The van der Waals surface area contributed by atoms with E-state index in [0.717, 1.165) is 48.5 Å². The molecule has 2 aromatic carbocycles. The summed E-state index contributed by atoms with van der Waals surface area (Å²) in [7, 11) is 0. The van der Waals surface area contributed by atoms with Crippen LogP contribution in [0, 0.1) is 12.8 Å². The summed E-state index contributed by atoms with van der Waals surface area (Å²) >= 11 is 6.13. The zero-order valence-electron chi connectivity index (χ0n) is 19.0. The normalized spacial score (nSPS) is 14.2. The lowest BCUT2D eigenvalue weighted by Crippen LogP contribution is -2.38. The number of aromatic nitrogens is 1. The van der Waals surface area contributed by atoms with Crippen molar-refractivity contribution in [3.05, 3.63) is 88.7 Å². The number of rotatable bonds is 8. The molecule has 1 amide bonds. The molecule has 1 N–H and O–H groups in total. The van der Waals surface area contributed by atoms with Gasteiger partial charge in [0, 0.05) is 54.7 Å². The number of carbonyl (C=O) groups excluding carboxylic acids is 1. The molecule has 0 unspecified atom stereocenters. The summed E-state index contributed by atoms with van der Waals surface area (Å²) < 4.78 is 5.90.